The number of nitrogens with one attached hydrogen (secondary N) is 1. The molecule has 0 aromatic carbocycles. The molecule has 0 bridgehead atoms. The second-order valence-corrected chi connectivity index (χ2v) is 4.65. The molecule has 1 aliphatic heterocycles. The van der Waals surface area contributed by atoms with Crippen molar-refractivity contribution in [3.8, 4) is 5.88 Å². The molecular weight excluding hydrogens is 238 g/mol. The van der Waals surface area contributed by atoms with Crippen LogP contribution in [-0.2, 0) is 0 Å². The standard InChI is InChI=1S/C11H17N3O2S/c1-8-3-4-9(7-12-8)10-11(14-17-13-10)16-6-2-5-15/h7-8,12,15H,2-6H2,1H3. The van der Waals surface area contributed by atoms with Crippen LogP contribution in [0.2, 0.25) is 0 Å². The fourth-order valence-corrected chi connectivity index (χ4v) is 2.19. The fraction of sp³-hybridized carbons (Fsp3) is 0.636. The Morgan fingerprint density at radius 3 is 3.18 bits per heavy atom. The smallest absolute Gasteiger partial charge is 0.253 e. The molecule has 1 aliphatic rings. The van der Waals surface area contributed by atoms with E-state index in [9.17, 15) is 0 Å². The number of aromatic nitrogens is 2. The summed E-state index contributed by atoms with van der Waals surface area (Å²) in [5.74, 6) is 0.589. The van der Waals surface area contributed by atoms with Crippen molar-refractivity contribution in [3.05, 3.63) is 11.9 Å². The van der Waals surface area contributed by atoms with Crippen LogP contribution in [0.4, 0.5) is 0 Å². The van der Waals surface area contributed by atoms with Gasteiger partial charge in [-0.1, -0.05) is 0 Å². The second kappa shape index (κ2) is 5.97. The normalized spacial score (nSPS) is 19.6. The molecule has 6 heteroatoms. The summed E-state index contributed by atoms with van der Waals surface area (Å²) in [5, 5.41) is 12.0. The van der Waals surface area contributed by atoms with Crippen molar-refractivity contribution in [3.63, 3.8) is 0 Å². The Morgan fingerprint density at radius 1 is 1.59 bits per heavy atom. The molecule has 0 fully saturated rings. The molecule has 2 heterocycles. The largest absolute Gasteiger partial charge is 0.475 e. The van der Waals surface area contributed by atoms with Gasteiger partial charge < -0.3 is 15.2 Å². The van der Waals surface area contributed by atoms with Crippen molar-refractivity contribution >= 4 is 17.3 Å². The van der Waals surface area contributed by atoms with E-state index < -0.39 is 0 Å². The molecule has 5 nitrogen and oxygen atoms in total. The Balaban J connectivity index is 2.03. The molecular formula is C11H17N3O2S. The quantitative estimate of drug-likeness (QED) is 0.779. The molecule has 0 saturated carbocycles. The summed E-state index contributed by atoms with van der Waals surface area (Å²) < 4.78 is 13.9. The summed E-state index contributed by atoms with van der Waals surface area (Å²) in [6, 6.07) is 0.518. The van der Waals surface area contributed by atoms with Crippen LogP contribution in [0.5, 0.6) is 5.88 Å². The fourth-order valence-electron chi connectivity index (χ4n) is 1.66. The Morgan fingerprint density at radius 2 is 2.47 bits per heavy atom. The highest BCUT2D eigenvalue weighted by Crippen LogP contribution is 2.29. The minimum absolute atomic E-state index is 0.134. The van der Waals surface area contributed by atoms with Gasteiger partial charge in [-0.05, 0) is 19.8 Å². The van der Waals surface area contributed by atoms with Crippen LogP contribution >= 0.6 is 11.7 Å². The molecule has 0 saturated heterocycles. The van der Waals surface area contributed by atoms with Gasteiger partial charge in [-0.2, -0.15) is 4.37 Å². The Bertz CT molecular complexity index is 392. The van der Waals surface area contributed by atoms with E-state index in [0.717, 1.165) is 35.8 Å². The third-order valence-corrected chi connectivity index (χ3v) is 3.20. The first-order valence-corrected chi connectivity index (χ1v) is 6.56. The summed E-state index contributed by atoms with van der Waals surface area (Å²) >= 11 is 1.16. The van der Waals surface area contributed by atoms with E-state index in [-0.39, 0.29) is 6.61 Å². The monoisotopic (exact) mass is 255 g/mol. The number of ether oxygens (including phenoxy) is 1. The number of aliphatic hydroxyl groups excluding tert-OH is 1. The van der Waals surface area contributed by atoms with Crippen LogP contribution < -0.4 is 10.1 Å². The molecule has 0 amide bonds. The highest BCUT2D eigenvalue weighted by molar-refractivity contribution is 6.99. The van der Waals surface area contributed by atoms with E-state index in [1.54, 1.807) is 0 Å². The van der Waals surface area contributed by atoms with E-state index in [0.29, 0.717) is 24.9 Å². The third-order valence-electron chi connectivity index (χ3n) is 2.69. The van der Waals surface area contributed by atoms with E-state index in [4.69, 9.17) is 9.84 Å². The lowest BCUT2D eigenvalue weighted by atomic mass is 10.0. The lowest BCUT2D eigenvalue weighted by Crippen LogP contribution is -2.24. The van der Waals surface area contributed by atoms with Crippen molar-refractivity contribution in [2.45, 2.75) is 32.2 Å². The van der Waals surface area contributed by atoms with Gasteiger partial charge in [0.2, 0.25) is 0 Å². The minimum atomic E-state index is 0.134. The molecule has 2 rings (SSSR count). The molecule has 0 spiro atoms. The average molecular weight is 255 g/mol. The van der Waals surface area contributed by atoms with Crippen molar-refractivity contribution in [2.24, 2.45) is 0 Å². The second-order valence-electron chi connectivity index (χ2n) is 4.12. The molecule has 0 aliphatic carbocycles. The van der Waals surface area contributed by atoms with E-state index in [1.165, 1.54) is 0 Å². The predicted octanol–water partition coefficient (Wildman–Crippen LogP) is 1.41. The SMILES string of the molecule is CC1CCC(c2nsnc2OCCCO)=CN1. The maximum absolute atomic E-state index is 8.71. The molecule has 1 unspecified atom stereocenters. The highest BCUT2D eigenvalue weighted by atomic mass is 32.1. The van der Waals surface area contributed by atoms with Crippen molar-refractivity contribution in [2.75, 3.05) is 13.2 Å². The van der Waals surface area contributed by atoms with E-state index in [1.807, 2.05) is 6.20 Å². The molecule has 1 atom stereocenters. The van der Waals surface area contributed by atoms with Gasteiger partial charge in [0, 0.05) is 30.8 Å². The molecule has 0 radical (unpaired) electrons. The lowest BCUT2D eigenvalue weighted by Gasteiger charge is -2.19. The van der Waals surface area contributed by atoms with Crippen LogP contribution in [0.15, 0.2) is 6.20 Å². The van der Waals surface area contributed by atoms with E-state index in [2.05, 4.69) is 21.0 Å². The first kappa shape index (κ1) is 12.3. The zero-order chi connectivity index (χ0) is 12.1. The number of nitrogens with zero attached hydrogens (tertiary/aromatic N) is 2. The van der Waals surface area contributed by atoms with Gasteiger partial charge in [0.1, 0.15) is 5.69 Å². The maximum Gasteiger partial charge on any atom is 0.253 e. The Labute approximate surface area is 105 Å². The van der Waals surface area contributed by atoms with Crippen molar-refractivity contribution < 1.29 is 9.84 Å². The first-order chi connectivity index (χ1) is 8.31. The molecule has 1 aromatic rings. The number of allylic oxidation sites excluding steroid dienone is 1. The summed E-state index contributed by atoms with van der Waals surface area (Å²) in [5.41, 5.74) is 1.99. The van der Waals surface area contributed by atoms with Crippen LogP contribution in [-0.4, -0.2) is 33.1 Å². The van der Waals surface area contributed by atoms with Gasteiger partial charge in [0.25, 0.3) is 5.88 Å². The molecule has 1 aromatic heterocycles. The van der Waals surface area contributed by atoms with Gasteiger partial charge in [-0.3, -0.25) is 0 Å². The zero-order valence-electron chi connectivity index (χ0n) is 9.85. The number of rotatable bonds is 5. The Hall–Kier alpha value is -1.14. The van der Waals surface area contributed by atoms with E-state index >= 15 is 0 Å². The summed E-state index contributed by atoms with van der Waals surface area (Å²) in [4.78, 5) is 0. The van der Waals surface area contributed by atoms with Crippen LogP contribution in [0.3, 0.4) is 0 Å². The summed E-state index contributed by atoms with van der Waals surface area (Å²) in [7, 11) is 0. The molecule has 17 heavy (non-hydrogen) atoms. The van der Waals surface area contributed by atoms with Gasteiger partial charge in [-0.25, -0.2) is 0 Å². The van der Waals surface area contributed by atoms with Crippen LogP contribution in [0.1, 0.15) is 31.9 Å². The predicted molar refractivity (Wildman–Crippen MR) is 66.9 cm³/mol. The van der Waals surface area contributed by atoms with Crippen LogP contribution in [0, 0.1) is 0 Å². The van der Waals surface area contributed by atoms with Crippen LogP contribution in [0.25, 0.3) is 5.57 Å². The maximum atomic E-state index is 8.71. The Kier molecular flexibility index (Phi) is 4.33. The zero-order valence-corrected chi connectivity index (χ0v) is 10.7. The topological polar surface area (TPSA) is 67.3 Å². The van der Waals surface area contributed by atoms with Crippen molar-refractivity contribution in [1.82, 2.24) is 14.1 Å². The van der Waals surface area contributed by atoms with Gasteiger partial charge in [0.15, 0.2) is 0 Å². The molecule has 94 valence electrons. The average Bonchev–Trinajstić information content (AvgIpc) is 2.79. The molecule has 2 N–H and O–H groups in total. The van der Waals surface area contributed by atoms with Crippen molar-refractivity contribution in [1.29, 1.82) is 0 Å². The first-order valence-electron chi connectivity index (χ1n) is 5.83. The summed E-state index contributed by atoms with van der Waals surface area (Å²) in [6.07, 6.45) is 4.71. The van der Waals surface area contributed by atoms with Gasteiger partial charge in [-0.15, -0.1) is 4.37 Å². The van der Waals surface area contributed by atoms with Gasteiger partial charge >= 0.3 is 0 Å². The number of hydrogen-bond acceptors (Lipinski definition) is 6. The van der Waals surface area contributed by atoms with Gasteiger partial charge in [0.05, 0.1) is 18.3 Å². The third kappa shape index (κ3) is 3.17. The number of hydrogen-bond donors (Lipinski definition) is 2. The minimum Gasteiger partial charge on any atom is -0.475 e. The number of aliphatic hydroxyl groups is 1. The highest BCUT2D eigenvalue weighted by Gasteiger charge is 2.18. The summed E-state index contributed by atoms with van der Waals surface area (Å²) in [6.45, 7) is 2.77. The lowest BCUT2D eigenvalue weighted by molar-refractivity contribution is 0.230.